The van der Waals surface area contributed by atoms with Gasteiger partial charge in [0.1, 0.15) is 6.29 Å². The van der Waals surface area contributed by atoms with Crippen molar-refractivity contribution in [1.82, 2.24) is 19.7 Å². The molecule has 0 spiro atoms. The van der Waals surface area contributed by atoms with Gasteiger partial charge in [-0.05, 0) is 39.8 Å². The smallest absolute Gasteiger partial charge is 0.159 e. The highest BCUT2D eigenvalue weighted by molar-refractivity contribution is 5.67. The first-order valence-corrected chi connectivity index (χ1v) is 11.0. The van der Waals surface area contributed by atoms with E-state index in [-0.39, 0.29) is 0 Å². The average Bonchev–Trinajstić information content (AvgIpc) is 3.13. The molecule has 0 unspecified atom stereocenters. The Morgan fingerprint density at radius 2 is 1.90 bits per heavy atom. The van der Waals surface area contributed by atoms with E-state index >= 15 is 0 Å². The summed E-state index contributed by atoms with van der Waals surface area (Å²) in [5, 5.41) is 5.14. The molecular formula is C23H36N6O2. The van der Waals surface area contributed by atoms with Crippen LogP contribution in [0, 0.1) is 6.92 Å². The lowest BCUT2D eigenvalue weighted by molar-refractivity contribution is -0.106. The molecule has 2 aromatic heterocycles. The number of likely N-dealkylation sites (N-methyl/N-ethyl adjacent to an activating group) is 1. The number of carbonyl (C=O) groups is 1. The average molecular weight is 429 g/mol. The minimum Gasteiger partial charge on any atom is -0.381 e. The van der Waals surface area contributed by atoms with Crippen molar-refractivity contribution in [2.24, 2.45) is 0 Å². The summed E-state index contributed by atoms with van der Waals surface area (Å²) in [6.45, 7) is 7.19. The standard InChI is InChI=1S/C21H32N6O.C2H4O/c1-15-20(24(2)3)12-17(13-22-15)26(5)21-18-14-25(4)9-6-19(18)27(23-21)16-7-10-28-11-8-16;1-2-3/h12-13,16H,6-11,14H2,1-5H3;2H,1H3. The van der Waals surface area contributed by atoms with E-state index < -0.39 is 0 Å². The van der Waals surface area contributed by atoms with Crippen LogP contribution in [0.1, 0.15) is 42.8 Å². The first-order valence-electron chi connectivity index (χ1n) is 11.0. The molecule has 0 aliphatic carbocycles. The van der Waals surface area contributed by atoms with Crippen molar-refractivity contribution >= 4 is 23.5 Å². The summed E-state index contributed by atoms with van der Waals surface area (Å²) in [7, 11) is 8.42. The summed E-state index contributed by atoms with van der Waals surface area (Å²) in [5.74, 6) is 1.06. The second kappa shape index (κ2) is 10.2. The Morgan fingerprint density at radius 3 is 2.55 bits per heavy atom. The molecule has 8 heteroatoms. The van der Waals surface area contributed by atoms with Crippen LogP contribution >= 0.6 is 0 Å². The number of pyridine rings is 1. The van der Waals surface area contributed by atoms with E-state index in [0.717, 1.165) is 74.7 Å². The van der Waals surface area contributed by atoms with E-state index in [1.54, 1.807) is 0 Å². The van der Waals surface area contributed by atoms with Gasteiger partial charge in [-0.1, -0.05) is 0 Å². The van der Waals surface area contributed by atoms with Crippen LogP contribution in [0.4, 0.5) is 17.2 Å². The van der Waals surface area contributed by atoms with E-state index in [1.165, 1.54) is 18.2 Å². The van der Waals surface area contributed by atoms with Gasteiger partial charge >= 0.3 is 0 Å². The topological polar surface area (TPSA) is 66.7 Å². The number of fused-ring (bicyclic) bond motifs is 1. The minimum absolute atomic E-state index is 0.446. The fourth-order valence-corrected chi connectivity index (χ4v) is 4.33. The summed E-state index contributed by atoms with van der Waals surface area (Å²) in [6.07, 6.45) is 5.85. The second-order valence-electron chi connectivity index (χ2n) is 8.51. The third kappa shape index (κ3) is 5.07. The number of hydrogen-bond donors (Lipinski definition) is 0. The maximum atomic E-state index is 8.81. The first kappa shape index (κ1) is 23.2. The molecule has 1 fully saturated rings. The highest BCUT2D eigenvalue weighted by Gasteiger charge is 2.29. The van der Waals surface area contributed by atoms with Crippen LogP contribution in [0.15, 0.2) is 12.3 Å². The quantitative estimate of drug-likeness (QED) is 0.694. The van der Waals surface area contributed by atoms with Gasteiger partial charge in [0.05, 0.1) is 29.3 Å². The van der Waals surface area contributed by atoms with E-state index in [4.69, 9.17) is 14.6 Å². The third-order valence-electron chi connectivity index (χ3n) is 6.02. The number of anilines is 3. The number of hydrogen-bond acceptors (Lipinski definition) is 7. The molecule has 0 aromatic carbocycles. The van der Waals surface area contributed by atoms with Gasteiger partial charge in [0.2, 0.25) is 0 Å². The van der Waals surface area contributed by atoms with Crippen LogP contribution < -0.4 is 9.80 Å². The lowest BCUT2D eigenvalue weighted by Crippen LogP contribution is -2.29. The summed E-state index contributed by atoms with van der Waals surface area (Å²) in [5.41, 5.74) is 6.01. The van der Waals surface area contributed by atoms with Crippen molar-refractivity contribution in [2.45, 2.75) is 45.7 Å². The zero-order valence-corrected chi connectivity index (χ0v) is 19.8. The van der Waals surface area contributed by atoms with Gasteiger partial charge in [0.15, 0.2) is 5.82 Å². The van der Waals surface area contributed by atoms with Gasteiger partial charge in [-0.3, -0.25) is 9.67 Å². The molecule has 4 rings (SSSR count). The normalized spacial score (nSPS) is 16.8. The Hall–Kier alpha value is -2.45. The summed E-state index contributed by atoms with van der Waals surface area (Å²) in [4.78, 5) is 20.1. The number of aldehydes is 1. The van der Waals surface area contributed by atoms with Gasteiger partial charge < -0.3 is 24.2 Å². The van der Waals surface area contributed by atoms with Gasteiger partial charge in [-0.15, -0.1) is 0 Å². The van der Waals surface area contributed by atoms with Crippen molar-refractivity contribution in [1.29, 1.82) is 0 Å². The number of ether oxygens (including phenoxy) is 1. The van der Waals surface area contributed by atoms with Crippen LogP contribution in [0.25, 0.3) is 0 Å². The Bertz CT molecular complexity index is 888. The highest BCUT2D eigenvalue weighted by Crippen LogP contribution is 2.36. The van der Waals surface area contributed by atoms with Crippen LogP contribution in [0.2, 0.25) is 0 Å². The fraction of sp³-hybridized carbons (Fsp3) is 0.609. The molecular weight excluding hydrogens is 392 g/mol. The highest BCUT2D eigenvalue weighted by atomic mass is 16.5. The van der Waals surface area contributed by atoms with Gasteiger partial charge in [-0.2, -0.15) is 5.10 Å². The molecule has 0 N–H and O–H groups in total. The zero-order chi connectivity index (χ0) is 22.5. The minimum atomic E-state index is 0.446. The molecule has 0 amide bonds. The molecule has 31 heavy (non-hydrogen) atoms. The Morgan fingerprint density at radius 1 is 1.23 bits per heavy atom. The number of rotatable bonds is 4. The van der Waals surface area contributed by atoms with Crippen LogP contribution in [-0.4, -0.2) is 73.9 Å². The number of aryl methyl sites for hydroxylation is 1. The number of aromatic nitrogens is 3. The monoisotopic (exact) mass is 428 g/mol. The molecule has 2 aliphatic heterocycles. The Labute approximate surface area is 185 Å². The predicted octanol–water partition coefficient (Wildman–Crippen LogP) is 2.97. The zero-order valence-electron chi connectivity index (χ0n) is 19.8. The lowest BCUT2D eigenvalue weighted by atomic mass is 10.0. The largest absolute Gasteiger partial charge is 0.381 e. The molecule has 0 bridgehead atoms. The Balaban J connectivity index is 0.000000858. The van der Waals surface area contributed by atoms with Gasteiger partial charge in [0, 0.05) is 65.1 Å². The molecule has 0 saturated carbocycles. The molecule has 4 heterocycles. The van der Waals surface area contributed by atoms with E-state index in [2.05, 4.69) is 65.5 Å². The molecule has 1 saturated heterocycles. The van der Waals surface area contributed by atoms with E-state index in [0.29, 0.717) is 6.04 Å². The molecule has 0 radical (unpaired) electrons. The van der Waals surface area contributed by atoms with Crippen molar-refractivity contribution in [3.05, 3.63) is 29.2 Å². The maximum absolute atomic E-state index is 8.81. The van der Waals surface area contributed by atoms with Gasteiger partial charge in [-0.25, -0.2) is 0 Å². The maximum Gasteiger partial charge on any atom is 0.159 e. The number of carbonyl (C=O) groups excluding carboxylic acids is 1. The molecule has 8 nitrogen and oxygen atoms in total. The number of nitrogens with zero attached hydrogens (tertiary/aromatic N) is 6. The fourth-order valence-electron chi connectivity index (χ4n) is 4.33. The van der Waals surface area contributed by atoms with Crippen molar-refractivity contribution in [2.75, 3.05) is 57.7 Å². The van der Waals surface area contributed by atoms with Crippen molar-refractivity contribution < 1.29 is 9.53 Å². The van der Waals surface area contributed by atoms with Crippen LogP contribution in [0.3, 0.4) is 0 Å². The second-order valence-corrected chi connectivity index (χ2v) is 8.51. The van der Waals surface area contributed by atoms with E-state index in [1.807, 2.05) is 6.20 Å². The van der Waals surface area contributed by atoms with Crippen LogP contribution in [-0.2, 0) is 22.5 Å². The van der Waals surface area contributed by atoms with Crippen LogP contribution in [0.5, 0.6) is 0 Å². The predicted molar refractivity (Wildman–Crippen MR) is 124 cm³/mol. The molecule has 0 atom stereocenters. The summed E-state index contributed by atoms with van der Waals surface area (Å²) >= 11 is 0. The first-order chi connectivity index (χ1) is 14.9. The van der Waals surface area contributed by atoms with Crippen molar-refractivity contribution in [3.63, 3.8) is 0 Å². The molecule has 170 valence electrons. The lowest BCUT2D eigenvalue weighted by Gasteiger charge is -2.28. The SMILES string of the molecule is CC=O.Cc1ncc(N(C)c2nn(C3CCOCC3)c3c2CN(C)CC3)cc1N(C)C. The molecule has 2 aliphatic rings. The molecule has 2 aromatic rings. The van der Waals surface area contributed by atoms with E-state index in [9.17, 15) is 0 Å². The van der Waals surface area contributed by atoms with Crippen molar-refractivity contribution in [3.8, 4) is 0 Å². The van der Waals surface area contributed by atoms with Gasteiger partial charge in [0.25, 0.3) is 0 Å². The summed E-state index contributed by atoms with van der Waals surface area (Å²) < 4.78 is 7.89. The third-order valence-corrected chi connectivity index (χ3v) is 6.02. The summed E-state index contributed by atoms with van der Waals surface area (Å²) in [6, 6.07) is 2.65. The Kier molecular flexibility index (Phi) is 7.67.